The molecule has 0 amide bonds. The molecule has 0 radical (unpaired) electrons. The number of aromatic nitrogens is 1. The van der Waals surface area contributed by atoms with E-state index in [1.165, 1.54) is 0 Å². The molecule has 0 spiro atoms. The summed E-state index contributed by atoms with van der Waals surface area (Å²) in [5, 5.41) is 0.729. The Kier molecular flexibility index (Phi) is 1.54. The number of pyridine rings is 1. The minimum Gasteiger partial charge on any atom is -0.271 e. The molecule has 3 heteroatoms. The van der Waals surface area contributed by atoms with E-state index in [0.29, 0.717) is 0 Å². The zero-order valence-corrected chi connectivity index (χ0v) is 5.31. The number of rotatable bonds is 0. The van der Waals surface area contributed by atoms with E-state index in [2.05, 4.69) is 4.98 Å². The normalized spacial score (nSPS) is 9.12. The quantitative estimate of drug-likeness (QED) is 0.445. The van der Waals surface area contributed by atoms with E-state index in [1.54, 1.807) is 6.20 Å². The van der Waals surface area contributed by atoms with Gasteiger partial charge in [0.1, 0.15) is 0 Å². The van der Waals surface area contributed by atoms with Crippen molar-refractivity contribution in [1.82, 2.24) is 4.98 Å². The molecule has 0 aromatic carbocycles. The topological polar surface area (TPSA) is 12.9 Å². The lowest BCUT2D eigenvalue weighted by molar-refractivity contribution is 1.39. The molecular weight excluding hydrogens is 120 g/mol. The van der Waals surface area contributed by atoms with Crippen LogP contribution in [-0.4, -0.2) is 12.8 Å². The van der Waals surface area contributed by atoms with Gasteiger partial charge in [0.2, 0.25) is 0 Å². The van der Waals surface area contributed by atoms with Crippen LogP contribution in [0.25, 0.3) is 0 Å². The van der Waals surface area contributed by atoms with Gasteiger partial charge in [-0.05, 0) is 12.1 Å². The second-order valence-electron chi connectivity index (χ2n) is 1.57. The Balaban J connectivity index is 3.13. The predicted molar refractivity (Wildman–Crippen MR) is 37.4 cm³/mol. The molecule has 0 bridgehead atoms. The third-order valence-corrected chi connectivity index (χ3v) is 1.34. The Hall–Kier alpha value is -0.495. The summed E-state index contributed by atoms with van der Waals surface area (Å²) >= 11 is 5.65. The fraction of sp³-hybridized carbons (Fsp3) is 0. The lowest BCUT2D eigenvalue weighted by Gasteiger charge is -1.90. The van der Waals surface area contributed by atoms with Crippen molar-refractivity contribution in [3.8, 4) is 0 Å². The predicted octanol–water partition coefficient (Wildman–Crippen LogP) is -0.00660. The molecule has 0 atom stereocenters. The Bertz CT molecular complexity index is 169. The summed E-state index contributed by atoms with van der Waals surface area (Å²) < 4.78 is 0. The second-order valence-corrected chi connectivity index (χ2v) is 1.98. The van der Waals surface area contributed by atoms with Crippen molar-refractivity contribution in [1.29, 1.82) is 0 Å². The molecule has 0 aliphatic carbocycles. The highest BCUT2D eigenvalue weighted by Crippen LogP contribution is 1.97. The van der Waals surface area contributed by atoms with Gasteiger partial charge in [0.25, 0.3) is 0 Å². The largest absolute Gasteiger partial charge is 0.271 e. The van der Waals surface area contributed by atoms with E-state index in [1.807, 2.05) is 20.0 Å². The Morgan fingerprint density at radius 3 is 2.75 bits per heavy atom. The van der Waals surface area contributed by atoms with Gasteiger partial charge < -0.3 is 0 Å². The highest BCUT2D eigenvalue weighted by molar-refractivity contribution is 6.43. The molecule has 0 fully saturated rings. The van der Waals surface area contributed by atoms with Crippen molar-refractivity contribution < 1.29 is 0 Å². The molecular formula is C5H5BClN. The molecule has 8 heavy (non-hydrogen) atoms. The van der Waals surface area contributed by atoms with Crippen LogP contribution in [0.15, 0.2) is 18.3 Å². The summed E-state index contributed by atoms with van der Waals surface area (Å²) in [5.41, 5.74) is 0.883. The van der Waals surface area contributed by atoms with Crippen molar-refractivity contribution in [3.05, 3.63) is 23.4 Å². The summed E-state index contributed by atoms with van der Waals surface area (Å²) in [4.78, 5) is 3.95. The molecule has 40 valence electrons. The van der Waals surface area contributed by atoms with Gasteiger partial charge in [-0.2, -0.15) is 0 Å². The van der Waals surface area contributed by atoms with E-state index < -0.39 is 0 Å². The molecule has 0 aliphatic heterocycles. The second kappa shape index (κ2) is 2.18. The average molecular weight is 125 g/mol. The fourth-order valence-electron chi connectivity index (χ4n) is 0.465. The third kappa shape index (κ3) is 1.01. The molecule has 0 N–H and O–H groups in total. The first-order valence-electron chi connectivity index (χ1n) is 2.38. The van der Waals surface area contributed by atoms with Gasteiger partial charge in [0.05, 0.1) is 5.02 Å². The van der Waals surface area contributed by atoms with Gasteiger partial charge >= 0.3 is 0 Å². The number of hydrogen-bond donors (Lipinski definition) is 0. The van der Waals surface area contributed by atoms with Crippen molar-refractivity contribution in [2.24, 2.45) is 0 Å². The van der Waals surface area contributed by atoms with Crippen molar-refractivity contribution in [2.45, 2.75) is 0 Å². The van der Waals surface area contributed by atoms with Crippen LogP contribution in [0.2, 0.25) is 5.02 Å². The molecule has 1 nitrogen and oxygen atoms in total. The van der Waals surface area contributed by atoms with E-state index >= 15 is 0 Å². The summed E-state index contributed by atoms with van der Waals surface area (Å²) in [5.74, 6) is 0. The van der Waals surface area contributed by atoms with Crippen LogP contribution >= 0.6 is 11.6 Å². The van der Waals surface area contributed by atoms with Crippen LogP contribution in [0.5, 0.6) is 0 Å². The molecule has 0 aliphatic rings. The number of halogens is 1. The van der Waals surface area contributed by atoms with Crippen LogP contribution in [0.4, 0.5) is 0 Å². The Morgan fingerprint density at radius 2 is 2.38 bits per heavy atom. The Labute approximate surface area is 54.1 Å². The van der Waals surface area contributed by atoms with Crippen LogP contribution in [0.1, 0.15) is 0 Å². The first kappa shape index (κ1) is 5.64. The zero-order chi connectivity index (χ0) is 5.98. The van der Waals surface area contributed by atoms with E-state index in [0.717, 1.165) is 10.6 Å². The monoisotopic (exact) mass is 125 g/mol. The molecule has 0 saturated heterocycles. The summed E-state index contributed by atoms with van der Waals surface area (Å²) in [6, 6.07) is 3.64. The van der Waals surface area contributed by atoms with Crippen LogP contribution in [0.3, 0.4) is 0 Å². The maximum Gasteiger partial charge on any atom is 0.165 e. The summed E-state index contributed by atoms with van der Waals surface area (Å²) in [6.45, 7) is 0. The summed E-state index contributed by atoms with van der Waals surface area (Å²) in [7, 11) is 1.88. The number of nitrogens with zero attached hydrogens (tertiary/aromatic N) is 1. The van der Waals surface area contributed by atoms with Gasteiger partial charge in [-0.3, -0.25) is 4.98 Å². The van der Waals surface area contributed by atoms with Crippen molar-refractivity contribution in [2.75, 3.05) is 0 Å². The van der Waals surface area contributed by atoms with Gasteiger partial charge in [0, 0.05) is 11.8 Å². The zero-order valence-electron chi connectivity index (χ0n) is 4.56. The third-order valence-electron chi connectivity index (χ3n) is 0.942. The van der Waals surface area contributed by atoms with Crippen molar-refractivity contribution >= 4 is 25.0 Å². The first-order valence-corrected chi connectivity index (χ1v) is 2.75. The maximum atomic E-state index is 5.65. The minimum absolute atomic E-state index is 0.729. The Morgan fingerprint density at radius 1 is 1.62 bits per heavy atom. The van der Waals surface area contributed by atoms with Crippen LogP contribution in [0, 0.1) is 0 Å². The van der Waals surface area contributed by atoms with Gasteiger partial charge in [-0.1, -0.05) is 11.6 Å². The fourth-order valence-corrected chi connectivity index (χ4v) is 0.586. The molecule has 1 rings (SSSR count). The number of hydrogen-bond acceptors (Lipinski definition) is 1. The van der Waals surface area contributed by atoms with Gasteiger partial charge in [-0.25, -0.2) is 0 Å². The summed E-state index contributed by atoms with van der Waals surface area (Å²) in [6.07, 6.45) is 1.72. The SMILES string of the molecule is Bc1ncccc1Cl. The molecule has 1 aromatic rings. The highest BCUT2D eigenvalue weighted by Gasteiger charge is 1.88. The molecule has 1 heterocycles. The smallest absolute Gasteiger partial charge is 0.165 e. The molecule has 0 unspecified atom stereocenters. The van der Waals surface area contributed by atoms with Gasteiger partial charge in [0.15, 0.2) is 7.85 Å². The van der Waals surface area contributed by atoms with E-state index in [9.17, 15) is 0 Å². The van der Waals surface area contributed by atoms with E-state index in [-0.39, 0.29) is 0 Å². The van der Waals surface area contributed by atoms with Crippen molar-refractivity contribution in [3.63, 3.8) is 0 Å². The lowest BCUT2D eigenvalue weighted by Crippen LogP contribution is -2.07. The average Bonchev–Trinajstić information content (AvgIpc) is 1.77. The first-order chi connectivity index (χ1) is 3.80. The van der Waals surface area contributed by atoms with Crippen LogP contribution in [-0.2, 0) is 0 Å². The lowest BCUT2D eigenvalue weighted by atomic mass is 10.0. The minimum atomic E-state index is 0.729. The molecule has 0 saturated carbocycles. The highest BCUT2D eigenvalue weighted by atomic mass is 35.5. The molecule has 1 aromatic heterocycles. The standard InChI is InChI=1S/C5H5BClN/c6-5-4(7)2-1-3-8-5/h1-3H,6H2. The van der Waals surface area contributed by atoms with Gasteiger partial charge in [-0.15, -0.1) is 0 Å². The maximum absolute atomic E-state index is 5.65. The van der Waals surface area contributed by atoms with E-state index in [4.69, 9.17) is 11.6 Å². The van der Waals surface area contributed by atoms with Crippen LogP contribution < -0.4 is 5.59 Å².